The summed E-state index contributed by atoms with van der Waals surface area (Å²) in [5.74, 6) is -0.108. The number of anilines is 1. The molecule has 2 heterocycles. The van der Waals surface area contributed by atoms with E-state index in [1.165, 1.54) is 23.1 Å². The van der Waals surface area contributed by atoms with E-state index < -0.39 is 12.1 Å². The maximum atomic E-state index is 12.5. The van der Waals surface area contributed by atoms with Gasteiger partial charge in [0, 0.05) is 29.3 Å². The number of aromatic carboxylic acids is 1. The molecule has 0 saturated carbocycles. The first-order valence-electron chi connectivity index (χ1n) is 10.4. The Kier molecular flexibility index (Phi) is 8.30. The topological polar surface area (TPSA) is 90.7 Å². The van der Waals surface area contributed by atoms with Crippen molar-refractivity contribution in [1.29, 1.82) is 0 Å². The molecule has 0 unspecified atom stereocenters. The highest BCUT2D eigenvalue weighted by Gasteiger charge is 2.31. The lowest BCUT2D eigenvalue weighted by Crippen LogP contribution is -2.33. The lowest BCUT2D eigenvalue weighted by atomic mass is 10.0. The van der Waals surface area contributed by atoms with Gasteiger partial charge in [0.1, 0.15) is 0 Å². The number of carbonyl (C=O) groups excluding carboxylic acids is 1. The van der Waals surface area contributed by atoms with Gasteiger partial charge in [-0.05, 0) is 37.0 Å². The minimum Gasteiger partial charge on any atom is -0.476 e. The second-order valence-electron chi connectivity index (χ2n) is 7.50. The van der Waals surface area contributed by atoms with E-state index in [0.29, 0.717) is 6.42 Å². The van der Waals surface area contributed by atoms with E-state index in [-0.39, 0.29) is 17.6 Å². The third-order valence-corrected chi connectivity index (χ3v) is 7.40. The average molecular weight is 449 g/mol. The van der Waals surface area contributed by atoms with E-state index in [1.54, 1.807) is 5.38 Å². The number of nitrogens with zero attached hydrogens (tertiary/aromatic N) is 2. The number of hydrogen-bond acceptors (Lipinski definition) is 6. The second-order valence-corrected chi connectivity index (χ2v) is 9.70. The van der Waals surface area contributed by atoms with Crippen LogP contribution in [0.1, 0.15) is 74.0 Å². The van der Waals surface area contributed by atoms with E-state index in [4.69, 9.17) is 5.11 Å². The van der Waals surface area contributed by atoms with E-state index in [1.807, 2.05) is 29.2 Å². The van der Waals surface area contributed by atoms with Crippen LogP contribution < -0.4 is 4.90 Å². The van der Waals surface area contributed by atoms with E-state index in [0.717, 1.165) is 59.9 Å². The molecule has 162 valence electrons. The minimum atomic E-state index is -1.01. The molecule has 8 heteroatoms. The number of thioether (sulfide) groups is 1. The molecule has 1 aromatic heterocycles. The van der Waals surface area contributed by atoms with Crippen LogP contribution >= 0.6 is 23.1 Å². The largest absolute Gasteiger partial charge is 0.476 e. The van der Waals surface area contributed by atoms with Gasteiger partial charge in [-0.1, -0.05) is 50.1 Å². The first kappa shape index (κ1) is 22.8. The van der Waals surface area contributed by atoms with Crippen molar-refractivity contribution >= 4 is 40.7 Å². The minimum absolute atomic E-state index is 0.0807. The molecule has 0 aliphatic carbocycles. The molecule has 2 aromatic rings. The van der Waals surface area contributed by atoms with Gasteiger partial charge in [0.25, 0.3) is 0 Å². The Balaban J connectivity index is 1.56. The molecular formula is C22H28N2O4S2. The smallest absolute Gasteiger partial charge is 0.355 e. The van der Waals surface area contributed by atoms with Crippen LogP contribution in [0.3, 0.4) is 0 Å². The molecule has 0 bridgehead atoms. The van der Waals surface area contributed by atoms with Crippen LogP contribution in [0.2, 0.25) is 0 Å². The summed E-state index contributed by atoms with van der Waals surface area (Å²) in [5.41, 5.74) is 1.85. The SMILES string of the molecule is CCCCC[C@@H](O)c1ccc(N2C(=O)CC[C@@H]2CCSc2nc(C(=O)O)cs2)cc1. The summed E-state index contributed by atoms with van der Waals surface area (Å²) >= 11 is 2.87. The number of aromatic nitrogens is 1. The summed E-state index contributed by atoms with van der Waals surface area (Å²) in [5, 5.41) is 20.9. The number of carbonyl (C=O) groups is 2. The Hall–Kier alpha value is -1.90. The van der Waals surface area contributed by atoms with Gasteiger partial charge in [-0.3, -0.25) is 4.79 Å². The van der Waals surface area contributed by atoms with Crippen LogP contribution in [0.4, 0.5) is 5.69 Å². The average Bonchev–Trinajstić information content (AvgIpc) is 3.35. The summed E-state index contributed by atoms with van der Waals surface area (Å²) in [7, 11) is 0. The summed E-state index contributed by atoms with van der Waals surface area (Å²) in [4.78, 5) is 29.4. The molecule has 0 spiro atoms. The van der Waals surface area contributed by atoms with Crippen molar-refractivity contribution in [2.24, 2.45) is 0 Å². The first-order valence-corrected chi connectivity index (χ1v) is 12.3. The van der Waals surface area contributed by atoms with Crippen molar-refractivity contribution in [2.75, 3.05) is 10.7 Å². The van der Waals surface area contributed by atoms with Crippen LogP contribution in [0.15, 0.2) is 34.0 Å². The number of carboxylic acids is 1. The second kappa shape index (κ2) is 10.9. The Morgan fingerprint density at radius 3 is 2.77 bits per heavy atom. The van der Waals surface area contributed by atoms with Crippen LogP contribution in [-0.4, -0.2) is 38.9 Å². The predicted octanol–water partition coefficient (Wildman–Crippen LogP) is 5.13. The van der Waals surface area contributed by atoms with Crippen molar-refractivity contribution in [1.82, 2.24) is 4.98 Å². The Morgan fingerprint density at radius 1 is 1.33 bits per heavy atom. The van der Waals surface area contributed by atoms with Gasteiger partial charge in [0.15, 0.2) is 10.0 Å². The van der Waals surface area contributed by atoms with Crippen molar-refractivity contribution in [2.45, 2.75) is 68.4 Å². The number of thiazole rings is 1. The van der Waals surface area contributed by atoms with Crippen molar-refractivity contribution in [3.8, 4) is 0 Å². The number of unbranched alkanes of at least 4 members (excludes halogenated alkanes) is 2. The van der Waals surface area contributed by atoms with E-state index in [9.17, 15) is 14.7 Å². The highest BCUT2D eigenvalue weighted by atomic mass is 32.2. The number of amides is 1. The van der Waals surface area contributed by atoms with Crippen LogP contribution in [0.5, 0.6) is 0 Å². The van der Waals surface area contributed by atoms with Crippen LogP contribution in [0.25, 0.3) is 0 Å². The Labute approximate surface area is 185 Å². The summed E-state index contributed by atoms with van der Waals surface area (Å²) in [6.07, 6.45) is 5.74. The fraction of sp³-hybridized carbons (Fsp3) is 0.500. The molecule has 2 atom stereocenters. The molecule has 1 aliphatic heterocycles. The highest BCUT2D eigenvalue weighted by Crippen LogP contribution is 2.32. The molecule has 30 heavy (non-hydrogen) atoms. The van der Waals surface area contributed by atoms with Gasteiger partial charge in [-0.15, -0.1) is 11.3 Å². The number of benzene rings is 1. The third kappa shape index (κ3) is 5.83. The Bertz CT molecular complexity index is 853. The lowest BCUT2D eigenvalue weighted by Gasteiger charge is -2.25. The first-order chi connectivity index (χ1) is 14.5. The number of hydrogen-bond donors (Lipinski definition) is 2. The van der Waals surface area contributed by atoms with Gasteiger partial charge < -0.3 is 15.1 Å². The molecule has 1 aromatic carbocycles. The molecule has 2 N–H and O–H groups in total. The van der Waals surface area contributed by atoms with E-state index >= 15 is 0 Å². The number of rotatable bonds is 11. The van der Waals surface area contributed by atoms with E-state index in [2.05, 4.69) is 11.9 Å². The zero-order chi connectivity index (χ0) is 21.5. The zero-order valence-corrected chi connectivity index (χ0v) is 18.8. The monoisotopic (exact) mass is 448 g/mol. The zero-order valence-electron chi connectivity index (χ0n) is 17.1. The molecule has 1 saturated heterocycles. The molecule has 1 amide bonds. The number of aliphatic hydroxyl groups is 1. The normalized spacial score (nSPS) is 17.5. The predicted molar refractivity (Wildman–Crippen MR) is 120 cm³/mol. The van der Waals surface area contributed by atoms with Gasteiger partial charge >= 0.3 is 5.97 Å². The maximum Gasteiger partial charge on any atom is 0.355 e. The lowest BCUT2D eigenvalue weighted by molar-refractivity contribution is -0.117. The van der Waals surface area contributed by atoms with Crippen LogP contribution in [-0.2, 0) is 4.79 Å². The molecule has 1 fully saturated rings. The highest BCUT2D eigenvalue weighted by molar-refractivity contribution is 8.01. The quantitative estimate of drug-likeness (QED) is 0.366. The van der Waals surface area contributed by atoms with Gasteiger partial charge in [0.05, 0.1) is 6.10 Å². The maximum absolute atomic E-state index is 12.5. The fourth-order valence-corrected chi connectivity index (χ4v) is 5.60. The molecule has 6 nitrogen and oxygen atoms in total. The van der Waals surface area contributed by atoms with Crippen molar-refractivity contribution < 1.29 is 19.8 Å². The van der Waals surface area contributed by atoms with Crippen molar-refractivity contribution in [3.63, 3.8) is 0 Å². The standard InChI is InChI=1S/C22H28N2O4S2/c1-2-3-4-5-19(25)15-6-8-16(9-7-15)24-17(10-11-20(24)26)12-13-29-22-23-18(14-30-22)21(27)28/h6-9,14,17,19,25H,2-5,10-13H2,1H3,(H,27,28)/t17-,19-/m1/s1. The summed E-state index contributed by atoms with van der Waals surface area (Å²) in [6.45, 7) is 2.15. The number of aliphatic hydroxyl groups excluding tert-OH is 1. The van der Waals surface area contributed by atoms with Gasteiger partial charge in [-0.2, -0.15) is 0 Å². The van der Waals surface area contributed by atoms with Gasteiger partial charge in [-0.25, -0.2) is 9.78 Å². The van der Waals surface area contributed by atoms with Crippen molar-refractivity contribution in [3.05, 3.63) is 40.9 Å². The molecule has 3 rings (SSSR count). The number of carboxylic acid groups (broad SMARTS) is 1. The summed E-state index contributed by atoms with van der Waals surface area (Å²) in [6, 6.07) is 7.84. The molecule has 0 radical (unpaired) electrons. The Morgan fingerprint density at radius 2 is 2.10 bits per heavy atom. The summed E-state index contributed by atoms with van der Waals surface area (Å²) < 4.78 is 0.740. The third-order valence-electron chi connectivity index (χ3n) is 5.34. The fourth-order valence-electron chi connectivity index (χ4n) is 3.69. The molecular weight excluding hydrogens is 420 g/mol. The van der Waals surface area contributed by atoms with Crippen LogP contribution in [0, 0.1) is 0 Å². The molecule has 1 aliphatic rings. The van der Waals surface area contributed by atoms with Gasteiger partial charge in [0.2, 0.25) is 5.91 Å².